The number of halogens is 1. The van der Waals surface area contributed by atoms with Gasteiger partial charge in [-0.3, -0.25) is 14.5 Å². The smallest absolute Gasteiger partial charge is 0.259 e. The summed E-state index contributed by atoms with van der Waals surface area (Å²) in [4.78, 5) is 17.0. The first-order valence-corrected chi connectivity index (χ1v) is 9.31. The lowest BCUT2D eigenvalue weighted by atomic mass is 10.1. The first kappa shape index (κ1) is 19.3. The lowest BCUT2D eigenvalue weighted by Crippen LogP contribution is -2.14. The van der Waals surface area contributed by atoms with E-state index in [2.05, 4.69) is 15.4 Å². The van der Waals surface area contributed by atoms with Gasteiger partial charge in [0, 0.05) is 25.0 Å². The Labute approximate surface area is 173 Å². The number of anilines is 1. The van der Waals surface area contributed by atoms with Gasteiger partial charge in [-0.15, -0.1) is 0 Å². The van der Waals surface area contributed by atoms with Gasteiger partial charge in [0.2, 0.25) is 0 Å². The van der Waals surface area contributed by atoms with Crippen molar-refractivity contribution in [3.8, 4) is 17.0 Å². The van der Waals surface area contributed by atoms with Crippen LogP contribution in [-0.2, 0) is 13.7 Å². The molecule has 0 aliphatic heterocycles. The third-order valence-corrected chi connectivity index (χ3v) is 4.57. The van der Waals surface area contributed by atoms with Crippen molar-refractivity contribution in [2.24, 2.45) is 7.05 Å². The second-order valence-electron chi connectivity index (χ2n) is 6.66. The van der Waals surface area contributed by atoms with Gasteiger partial charge in [0.05, 0.1) is 23.1 Å². The first-order chi connectivity index (χ1) is 14.6. The number of amides is 1. The number of rotatable bonds is 6. The molecule has 30 heavy (non-hydrogen) atoms. The highest BCUT2D eigenvalue weighted by Crippen LogP contribution is 2.28. The van der Waals surface area contributed by atoms with Crippen LogP contribution in [0.2, 0.25) is 0 Å². The van der Waals surface area contributed by atoms with Gasteiger partial charge in [0.15, 0.2) is 0 Å². The normalized spacial score (nSPS) is 10.6. The highest BCUT2D eigenvalue weighted by molar-refractivity contribution is 6.06. The molecule has 0 saturated carbocycles. The largest absolute Gasteiger partial charge is 0.488 e. The zero-order valence-electron chi connectivity index (χ0n) is 16.2. The summed E-state index contributed by atoms with van der Waals surface area (Å²) in [5, 5.41) is 7.02. The Hall–Kier alpha value is -4.00. The monoisotopic (exact) mass is 402 g/mol. The summed E-state index contributed by atoms with van der Waals surface area (Å²) in [5.41, 5.74) is 3.46. The van der Waals surface area contributed by atoms with Gasteiger partial charge < -0.3 is 10.1 Å². The number of pyridine rings is 1. The van der Waals surface area contributed by atoms with Gasteiger partial charge in [0.1, 0.15) is 18.2 Å². The van der Waals surface area contributed by atoms with Crippen molar-refractivity contribution in [3.63, 3.8) is 0 Å². The number of aryl methyl sites for hydroxylation is 1. The second-order valence-corrected chi connectivity index (χ2v) is 6.66. The van der Waals surface area contributed by atoms with Crippen LogP contribution in [0.4, 0.5) is 10.1 Å². The third-order valence-electron chi connectivity index (χ3n) is 4.57. The summed E-state index contributed by atoms with van der Waals surface area (Å²) in [7, 11) is 1.84. The molecule has 2 aromatic heterocycles. The van der Waals surface area contributed by atoms with E-state index in [-0.39, 0.29) is 18.3 Å². The number of hydrogen-bond donors (Lipinski definition) is 1. The van der Waals surface area contributed by atoms with Crippen LogP contribution in [0.15, 0.2) is 79.3 Å². The molecule has 1 amide bonds. The van der Waals surface area contributed by atoms with Gasteiger partial charge in [-0.2, -0.15) is 5.10 Å². The molecule has 0 bridgehead atoms. The van der Waals surface area contributed by atoms with Crippen molar-refractivity contribution >= 4 is 11.6 Å². The fourth-order valence-electron chi connectivity index (χ4n) is 3.03. The van der Waals surface area contributed by atoms with Gasteiger partial charge in [0.25, 0.3) is 5.91 Å². The molecule has 0 aliphatic rings. The van der Waals surface area contributed by atoms with Crippen molar-refractivity contribution in [2.45, 2.75) is 6.61 Å². The number of benzene rings is 2. The number of carbonyl (C=O) groups excluding carboxylic acids is 1. The summed E-state index contributed by atoms with van der Waals surface area (Å²) in [6.07, 6.45) is 4.90. The lowest BCUT2D eigenvalue weighted by Gasteiger charge is -2.14. The number of nitrogens with one attached hydrogen (secondary N) is 1. The molecular formula is C23H19FN4O2. The Morgan fingerprint density at radius 2 is 1.93 bits per heavy atom. The van der Waals surface area contributed by atoms with Crippen molar-refractivity contribution in [3.05, 3.63) is 96.2 Å². The predicted molar refractivity (Wildman–Crippen MR) is 112 cm³/mol. The average Bonchev–Trinajstić information content (AvgIpc) is 3.20. The van der Waals surface area contributed by atoms with E-state index >= 15 is 0 Å². The Kier molecular flexibility index (Phi) is 5.52. The number of nitrogens with zero attached hydrogens (tertiary/aromatic N) is 3. The van der Waals surface area contributed by atoms with E-state index in [1.807, 2.05) is 19.2 Å². The molecule has 7 heteroatoms. The maximum absolute atomic E-state index is 13.1. The molecule has 0 aliphatic carbocycles. The molecule has 0 atom stereocenters. The minimum Gasteiger partial charge on any atom is -0.488 e. The van der Waals surface area contributed by atoms with Crippen LogP contribution >= 0.6 is 0 Å². The van der Waals surface area contributed by atoms with E-state index in [1.54, 1.807) is 59.7 Å². The van der Waals surface area contributed by atoms with Crippen LogP contribution < -0.4 is 10.1 Å². The molecule has 0 spiro atoms. The first-order valence-electron chi connectivity index (χ1n) is 9.31. The molecule has 2 heterocycles. The van der Waals surface area contributed by atoms with Gasteiger partial charge in [-0.1, -0.05) is 12.1 Å². The molecule has 2 aromatic carbocycles. The van der Waals surface area contributed by atoms with E-state index in [0.717, 1.165) is 16.8 Å². The summed E-state index contributed by atoms with van der Waals surface area (Å²) in [6.45, 7) is 0.207. The average molecular weight is 402 g/mol. The van der Waals surface area contributed by atoms with Crippen LogP contribution in [-0.4, -0.2) is 20.7 Å². The summed E-state index contributed by atoms with van der Waals surface area (Å²) in [5.74, 6) is -0.205. The van der Waals surface area contributed by atoms with Crippen molar-refractivity contribution in [1.29, 1.82) is 0 Å². The third kappa shape index (κ3) is 4.35. The Morgan fingerprint density at radius 1 is 1.10 bits per heavy atom. The number of carbonyl (C=O) groups is 1. The zero-order chi connectivity index (χ0) is 20.9. The standard InChI is InChI=1S/C23H19FN4O2/c1-28-21(10-12-26-28)17-6-9-22(30-15-16-4-7-18(24)8-5-16)20(13-17)23(29)27-19-3-2-11-25-14-19/h2-14H,15H2,1H3,(H,27,29). The Morgan fingerprint density at radius 3 is 2.63 bits per heavy atom. The number of aromatic nitrogens is 3. The van der Waals surface area contributed by atoms with E-state index in [4.69, 9.17) is 4.74 Å². The second kappa shape index (κ2) is 8.57. The van der Waals surface area contributed by atoms with Crippen LogP contribution in [0.1, 0.15) is 15.9 Å². The quantitative estimate of drug-likeness (QED) is 0.517. The molecule has 6 nitrogen and oxygen atoms in total. The summed E-state index contributed by atoms with van der Waals surface area (Å²) in [6, 6.07) is 16.8. The van der Waals surface area contributed by atoms with E-state index in [9.17, 15) is 9.18 Å². The minimum absolute atomic E-state index is 0.207. The van der Waals surface area contributed by atoms with Gasteiger partial charge in [-0.25, -0.2) is 4.39 Å². The predicted octanol–water partition coefficient (Wildman–Crippen LogP) is 4.45. The topological polar surface area (TPSA) is 69.0 Å². The summed E-state index contributed by atoms with van der Waals surface area (Å²) >= 11 is 0. The van der Waals surface area contributed by atoms with Crippen LogP contribution in [0.3, 0.4) is 0 Å². The van der Waals surface area contributed by atoms with Crippen LogP contribution in [0.25, 0.3) is 11.3 Å². The maximum atomic E-state index is 13.1. The number of hydrogen-bond acceptors (Lipinski definition) is 4. The molecule has 1 N–H and O–H groups in total. The molecular weight excluding hydrogens is 383 g/mol. The Bertz CT molecular complexity index is 1160. The van der Waals surface area contributed by atoms with E-state index in [0.29, 0.717) is 17.0 Å². The Balaban J connectivity index is 1.64. The van der Waals surface area contributed by atoms with Gasteiger partial charge >= 0.3 is 0 Å². The van der Waals surface area contributed by atoms with Crippen LogP contribution in [0, 0.1) is 5.82 Å². The highest BCUT2D eigenvalue weighted by atomic mass is 19.1. The van der Waals surface area contributed by atoms with Crippen LogP contribution in [0.5, 0.6) is 5.75 Å². The molecule has 0 fully saturated rings. The minimum atomic E-state index is -0.318. The zero-order valence-corrected chi connectivity index (χ0v) is 16.2. The number of ether oxygens (including phenoxy) is 1. The highest BCUT2D eigenvalue weighted by Gasteiger charge is 2.16. The van der Waals surface area contributed by atoms with E-state index in [1.165, 1.54) is 12.1 Å². The van der Waals surface area contributed by atoms with E-state index < -0.39 is 0 Å². The van der Waals surface area contributed by atoms with Crippen molar-refractivity contribution < 1.29 is 13.9 Å². The molecule has 4 aromatic rings. The molecule has 150 valence electrons. The molecule has 4 rings (SSSR count). The fraction of sp³-hybridized carbons (Fsp3) is 0.0870. The SMILES string of the molecule is Cn1nccc1-c1ccc(OCc2ccc(F)cc2)c(C(=O)Nc2cccnc2)c1. The van der Waals surface area contributed by atoms with Crippen molar-refractivity contribution in [1.82, 2.24) is 14.8 Å². The fourth-order valence-corrected chi connectivity index (χ4v) is 3.03. The molecule has 0 radical (unpaired) electrons. The summed E-state index contributed by atoms with van der Waals surface area (Å²) < 4.78 is 20.8. The molecule has 0 unspecified atom stereocenters. The van der Waals surface area contributed by atoms with Crippen molar-refractivity contribution in [2.75, 3.05) is 5.32 Å². The maximum Gasteiger partial charge on any atom is 0.259 e. The lowest BCUT2D eigenvalue weighted by molar-refractivity contribution is 0.102. The van der Waals surface area contributed by atoms with Gasteiger partial charge in [-0.05, 0) is 54.1 Å². The molecule has 0 saturated heterocycles.